The van der Waals surface area contributed by atoms with Crippen LogP contribution in [0.15, 0.2) is 36.4 Å². The highest BCUT2D eigenvalue weighted by molar-refractivity contribution is 6.07. The number of aryl methyl sites for hydroxylation is 2. The number of carbonyl (C=O) groups is 1. The van der Waals surface area contributed by atoms with Crippen LogP contribution in [0.5, 0.6) is 0 Å². The molecule has 1 fully saturated rings. The predicted molar refractivity (Wildman–Crippen MR) is 106 cm³/mol. The molecule has 1 saturated heterocycles. The average molecular weight is 363 g/mol. The molecule has 2 aromatic heterocycles. The van der Waals surface area contributed by atoms with E-state index in [9.17, 15) is 4.79 Å². The molecule has 2 N–H and O–H groups in total. The summed E-state index contributed by atoms with van der Waals surface area (Å²) in [5.74, 6) is 0.0332. The summed E-state index contributed by atoms with van der Waals surface area (Å²) < 4.78 is 1.75. The summed E-state index contributed by atoms with van der Waals surface area (Å²) in [5, 5.41) is 5.35. The van der Waals surface area contributed by atoms with Crippen molar-refractivity contribution >= 4 is 16.9 Å². The van der Waals surface area contributed by atoms with Crippen LogP contribution >= 0.6 is 0 Å². The van der Waals surface area contributed by atoms with Gasteiger partial charge in [-0.15, -0.1) is 0 Å². The molecule has 1 aliphatic heterocycles. The SMILES string of the molecule is Cc1nn(C)c2nc(-c3ccccc3)cc(C(=O)N3CCCCC3CN)c12. The summed E-state index contributed by atoms with van der Waals surface area (Å²) in [6.45, 7) is 3.18. The number of nitrogens with two attached hydrogens (primary N) is 1. The number of pyridine rings is 1. The number of amides is 1. The third-order valence-electron chi connectivity index (χ3n) is 5.43. The highest BCUT2D eigenvalue weighted by Crippen LogP contribution is 2.29. The lowest BCUT2D eigenvalue weighted by Crippen LogP contribution is -2.47. The van der Waals surface area contributed by atoms with E-state index in [-0.39, 0.29) is 11.9 Å². The molecule has 3 aromatic rings. The van der Waals surface area contributed by atoms with Crippen molar-refractivity contribution in [2.75, 3.05) is 13.1 Å². The van der Waals surface area contributed by atoms with Gasteiger partial charge in [0.1, 0.15) is 0 Å². The summed E-state index contributed by atoms with van der Waals surface area (Å²) in [7, 11) is 1.87. The Labute approximate surface area is 159 Å². The number of rotatable bonds is 3. The number of likely N-dealkylation sites (tertiary alicyclic amines) is 1. The fraction of sp³-hybridized carbons (Fsp3) is 0.381. The van der Waals surface area contributed by atoms with Gasteiger partial charge in [-0.1, -0.05) is 30.3 Å². The summed E-state index contributed by atoms with van der Waals surface area (Å²) in [6, 6.07) is 12.0. The van der Waals surface area contributed by atoms with E-state index >= 15 is 0 Å². The number of benzene rings is 1. The van der Waals surface area contributed by atoms with Crippen molar-refractivity contribution in [3.8, 4) is 11.3 Å². The molecule has 0 spiro atoms. The second-order valence-electron chi connectivity index (χ2n) is 7.21. The third kappa shape index (κ3) is 3.10. The molecule has 140 valence electrons. The Morgan fingerprint density at radius 1 is 1.26 bits per heavy atom. The molecule has 1 unspecified atom stereocenters. The van der Waals surface area contributed by atoms with E-state index in [0.29, 0.717) is 12.1 Å². The zero-order valence-electron chi connectivity index (χ0n) is 15.9. The summed E-state index contributed by atoms with van der Waals surface area (Å²) >= 11 is 0. The van der Waals surface area contributed by atoms with Gasteiger partial charge in [0.15, 0.2) is 5.65 Å². The Balaban J connectivity index is 1.89. The van der Waals surface area contributed by atoms with Crippen molar-refractivity contribution < 1.29 is 4.79 Å². The lowest BCUT2D eigenvalue weighted by Gasteiger charge is -2.35. The molecule has 4 rings (SSSR count). The van der Waals surface area contributed by atoms with E-state index in [2.05, 4.69) is 5.10 Å². The van der Waals surface area contributed by atoms with Gasteiger partial charge < -0.3 is 10.6 Å². The van der Waals surface area contributed by atoms with Gasteiger partial charge in [-0.25, -0.2) is 4.98 Å². The highest BCUT2D eigenvalue weighted by atomic mass is 16.2. The first kappa shape index (κ1) is 17.7. The number of piperidine rings is 1. The van der Waals surface area contributed by atoms with Crippen LogP contribution in [-0.2, 0) is 7.05 Å². The third-order valence-corrected chi connectivity index (χ3v) is 5.43. The van der Waals surface area contributed by atoms with Crippen molar-refractivity contribution in [3.63, 3.8) is 0 Å². The Hall–Kier alpha value is -2.73. The predicted octanol–water partition coefficient (Wildman–Crippen LogP) is 2.90. The molecule has 0 saturated carbocycles. The molecule has 0 aliphatic carbocycles. The molecular weight excluding hydrogens is 338 g/mol. The molecule has 3 heterocycles. The first-order valence-corrected chi connectivity index (χ1v) is 9.51. The Morgan fingerprint density at radius 3 is 2.78 bits per heavy atom. The van der Waals surface area contributed by atoms with Gasteiger partial charge in [-0.3, -0.25) is 9.48 Å². The molecule has 6 nitrogen and oxygen atoms in total. The standard InChI is InChI=1S/C21H25N5O/c1-14-19-17(21(27)26-11-7-6-10-16(26)13-22)12-18(15-8-4-3-5-9-15)23-20(19)25(2)24-14/h3-5,8-9,12,16H,6-7,10-11,13,22H2,1-2H3. The van der Waals surface area contributed by atoms with E-state index in [0.717, 1.165) is 53.8 Å². The quantitative estimate of drug-likeness (QED) is 0.776. The van der Waals surface area contributed by atoms with Gasteiger partial charge in [0.25, 0.3) is 5.91 Å². The summed E-state index contributed by atoms with van der Waals surface area (Å²) in [6.07, 6.45) is 3.11. The maximum atomic E-state index is 13.5. The van der Waals surface area contributed by atoms with Crippen LogP contribution in [-0.4, -0.2) is 44.7 Å². The summed E-state index contributed by atoms with van der Waals surface area (Å²) in [4.78, 5) is 20.3. The number of hydrogen-bond acceptors (Lipinski definition) is 4. The number of carbonyl (C=O) groups excluding carboxylic acids is 1. The van der Waals surface area contributed by atoms with Gasteiger partial charge in [0.2, 0.25) is 0 Å². The van der Waals surface area contributed by atoms with Gasteiger partial charge in [0, 0.05) is 31.7 Å². The smallest absolute Gasteiger partial charge is 0.255 e. The minimum Gasteiger partial charge on any atom is -0.334 e. The monoisotopic (exact) mass is 363 g/mol. The first-order valence-electron chi connectivity index (χ1n) is 9.51. The van der Waals surface area contributed by atoms with E-state index in [1.807, 2.05) is 55.3 Å². The lowest BCUT2D eigenvalue weighted by atomic mass is 9.99. The Kier molecular flexibility index (Phi) is 4.66. The molecule has 6 heteroatoms. The van der Waals surface area contributed by atoms with Gasteiger partial charge in [0.05, 0.1) is 22.3 Å². The normalized spacial score (nSPS) is 17.4. The number of aromatic nitrogens is 3. The molecule has 1 atom stereocenters. The average Bonchev–Trinajstić information content (AvgIpc) is 3.01. The zero-order valence-corrected chi connectivity index (χ0v) is 15.9. The number of fused-ring (bicyclic) bond motifs is 1. The van der Waals surface area contributed by atoms with Crippen LogP contribution in [0.3, 0.4) is 0 Å². The first-order chi connectivity index (χ1) is 13.1. The van der Waals surface area contributed by atoms with E-state index in [1.165, 1.54) is 0 Å². The van der Waals surface area contributed by atoms with Gasteiger partial charge in [-0.05, 0) is 32.3 Å². The molecule has 27 heavy (non-hydrogen) atoms. The van der Waals surface area contributed by atoms with Crippen LogP contribution in [0, 0.1) is 6.92 Å². The molecule has 1 aromatic carbocycles. The lowest BCUT2D eigenvalue weighted by molar-refractivity contribution is 0.0625. The maximum Gasteiger partial charge on any atom is 0.255 e. The van der Waals surface area contributed by atoms with Crippen LogP contribution in [0.2, 0.25) is 0 Å². The topological polar surface area (TPSA) is 77.0 Å². The largest absolute Gasteiger partial charge is 0.334 e. The second-order valence-corrected chi connectivity index (χ2v) is 7.21. The number of nitrogens with zero attached hydrogens (tertiary/aromatic N) is 4. The fourth-order valence-corrected chi connectivity index (χ4v) is 4.04. The molecule has 1 amide bonds. The maximum absolute atomic E-state index is 13.5. The fourth-order valence-electron chi connectivity index (χ4n) is 4.04. The minimum absolute atomic E-state index is 0.0332. The molecule has 0 bridgehead atoms. The minimum atomic E-state index is 0.0332. The van der Waals surface area contributed by atoms with Crippen LogP contribution in [0.4, 0.5) is 0 Å². The molecule has 1 aliphatic rings. The van der Waals surface area contributed by atoms with E-state index in [4.69, 9.17) is 10.7 Å². The zero-order chi connectivity index (χ0) is 19.0. The van der Waals surface area contributed by atoms with Crippen molar-refractivity contribution in [1.82, 2.24) is 19.7 Å². The summed E-state index contributed by atoms with van der Waals surface area (Å²) in [5.41, 5.74) is 9.96. The van der Waals surface area contributed by atoms with Crippen molar-refractivity contribution in [1.29, 1.82) is 0 Å². The second kappa shape index (κ2) is 7.12. The van der Waals surface area contributed by atoms with Gasteiger partial charge in [-0.2, -0.15) is 5.10 Å². The Morgan fingerprint density at radius 2 is 2.04 bits per heavy atom. The molecular formula is C21H25N5O. The number of hydrogen-bond donors (Lipinski definition) is 1. The van der Waals surface area contributed by atoms with Crippen molar-refractivity contribution in [2.45, 2.75) is 32.2 Å². The molecule has 0 radical (unpaired) electrons. The van der Waals surface area contributed by atoms with Crippen LogP contribution < -0.4 is 5.73 Å². The van der Waals surface area contributed by atoms with Gasteiger partial charge >= 0.3 is 0 Å². The van der Waals surface area contributed by atoms with Crippen molar-refractivity contribution in [2.24, 2.45) is 12.8 Å². The van der Waals surface area contributed by atoms with E-state index < -0.39 is 0 Å². The highest BCUT2D eigenvalue weighted by Gasteiger charge is 2.29. The van der Waals surface area contributed by atoms with E-state index in [1.54, 1.807) is 4.68 Å². The Bertz CT molecular complexity index is 979. The van der Waals surface area contributed by atoms with Crippen molar-refractivity contribution in [3.05, 3.63) is 47.7 Å². The van der Waals surface area contributed by atoms with Crippen LogP contribution in [0.1, 0.15) is 35.3 Å². The van der Waals surface area contributed by atoms with Crippen LogP contribution in [0.25, 0.3) is 22.3 Å².